The van der Waals surface area contributed by atoms with E-state index >= 15 is 0 Å². The van der Waals surface area contributed by atoms with Gasteiger partial charge < -0.3 is 9.32 Å². The normalized spacial score (nSPS) is 11.3. The molecule has 10 rings (SSSR count). The molecule has 9 aromatic carbocycles. The minimum Gasteiger partial charge on any atom is -0.456 e. The summed E-state index contributed by atoms with van der Waals surface area (Å²) in [5, 5.41) is 2.28. The van der Waals surface area contributed by atoms with Crippen LogP contribution in [-0.4, -0.2) is 0 Å². The van der Waals surface area contributed by atoms with Gasteiger partial charge in [0.15, 0.2) is 0 Å². The van der Waals surface area contributed by atoms with Crippen molar-refractivity contribution in [2.24, 2.45) is 0 Å². The van der Waals surface area contributed by atoms with Crippen LogP contribution in [0, 0.1) is 13.8 Å². The average molecular weight is 744 g/mol. The summed E-state index contributed by atoms with van der Waals surface area (Å²) in [7, 11) is 0. The molecule has 276 valence electrons. The van der Waals surface area contributed by atoms with E-state index in [0.717, 1.165) is 50.1 Å². The van der Waals surface area contributed by atoms with Crippen LogP contribution >= 0.6 is 0 Å². The van der Waals surface area contributed by atoms with Crippen LogP contribution in [-0.2, 0) is 0 Å². The van der Waals surface area contributed by atoms with E-state index in [2.05, 4.69) is 219 Å². The molecule has 0 fully saturated rings. The van der Waals surface area contributed by atoms with Gasteiger partial charge in [0.25, 0.3) is 0 Å². The lowest BCUT2D eigenvalue weighted by molar-refractivity contribution is 0.669. The molecule has 0 saturated carbocycles. The summed E-state index contributed by atoms with van der Waals surface area (Å²) in [5.74, 6) is 0. The topological polar surface area (TPSA) is 16.4 Å². The zero-order valence-corrected chi connectivity index (χ0v) is 32.6. The molecule has 1 heterocycles. The second-order valence-corrected chi connectivity index (χ2v) is 15.2. The van der Waals surface area contributed by atoms with Crippen LogP contribution in [0.4, 0.5) is 17.1 Å². The van der Waals surface area contributed by atoms with Gasteiger partial charge in [0, 0.05) is 27.8 Å². The summed E-state index contributed by atoms with van der Waals surface area (Å²) >= 11 is 0. The molecule has 0 atom stereocenters. The number of rotatable bonds is 8. The highest BCUT2D eigenvalue weighted by Crippen LogP contribution is 2.39. The van der Waals surface area contributed by atoms with E-state index < -0.39 is 0 Å². The number of furan rings is 1. The first-order valence-corrected chi connectivity index (χ1v) is 19.9. The van der Waals surface area contributed by atoms with Crippen molar-refractivity contribution in [2.45, 2.75) is 13.8 Å². The number of nitrogens with zero attached hydrogens (tertiary/aromatic N) is 1. The summed E-state index contributed by atoms with van der Waals surface area (Å²) in [5.41, 5.74) is 19.5. The first kappa shape index (κ1) is 35.0. The second-order valence-electron chi connectivity index (χ2n) is 15.2. The van der Waals surface area contributed by atoms with E-state index in [0.29, 0.717) is 0 Å². The Balaban J connectivity index is 0.995. The fraction of sp³-hybridized carbons (Fsp3) is 0.0357. The molecule has 0 N–H and O–H groups in total. The van der Waals surface area contributed by atoms with E-state index in [-0.39, 0.29) is 0 Å². The lowest BCUT2D eigenvalue weighted by Gasteiger charge is -2.26. The third kappa shape index (κ3) is 6.86. The van der Waals surface area contributed by atoms with E-state index in [1.165, 1.54) is 55.6 Å². The van der Waals surface area contributed by atoms with Gasteiger partial charge in [-0.3, -0.25) is 0 Å². The zero-order valence-electron chi connectivity index (χ0n) is 32.6. The summed E-state index contributed by atoms with van der Waals surface area (Å²) in [6.07, 6.45) is 0. The molecule has 0 aliphatic carbocycles. The summed E-state index contributed by atoms with van der Waals surface area (Å²) in [6.45, 7) is 4.25. The fourth-order valence-electron chi connectivity index (χ4n) is 8.01. The predicted molar refractivity (Wildman–Crippen MR) is 245 cm³/mol. The number of para-hydroxylation sites is 1. The first-order chi connectivity index (χ1) is 28.5. The Hall–Kier alpha value is -7.42. The Labute approximate surface area is 339 Å². The maximum atomic E-state index is 6.23. The van der Waals surface area contributed by atoms with Crippen molar-refractivity contribution in [3.05, 3.63) is 223 Å². The van der Waals surface area contributed by atoms with Crippen molar-refractivity contribution in [3.8, 4) is 55.6 Å². The van der Waals surface area contributed by atoms with Crippen molar-refractivity contribution >= 4 is 39.0 Å². The summed E-state index contributed by atoms with van der Waals surface area (Å²) in [4.78, 5) is 2.34. The maximum Gasteiger partial charge on any atom is 0.136 e. The van der Waals surface area contributed by atoms with Gasteiger partial charge in [0.2, 0.25) is 0 Å². The van der Waals surface area contributed by atoms with Gasteiger partial charge in [0.1, 0.15) is 11.2 Å². The van der Waals surface area contributed by atoms with Gasteiger partial charge in [-0.25, -0.2) is 0 Å². The van der Waals surface area contributed by atoms with Gasteiger partial charge in [-0.05, 0) is 136 Å². The number of hydrogen-bond donors (Lipinski definition) is 0. The standard InChI is InChI=1S/C56H41NO/c1-38-13-17-40(18-14-38)45-7-5-9-47(35-45)42-21-28-50(29-22-42)57(51-30-23-43(24-31-51)48-10-6-8-46(36-48)41-19-15-39(2)16-20-41)52-32-25-44(26-33-52)49-27-34-54-53-11-3-4-12-55(53)58-56(54)37-49/h3-37H,1-2H3. The van der Waals surface area contributed by atoms with Gasteiger partial charge in [0.05, 0.1) is 0 Å². The van der Waals surface area contributed by atoms with Crippen LogP contribution in [0.3, 0.4) is 0 Å². The molecular weight excluding hydrogens is 703 g/mol. The third-order valence-electron chi connectivity index (χ3n) is 11.3. The fourth-order valence-corrected chi connectivity index (χ4v) is 8.01. The molecule has 0 aliphatic heterocycles. The van der Waals surface area contributed by atoms with Crippen LogP contribution in [0.25, 0.3) is 77.6 Å². The first-order valence-electron chi connectivity index (χ1n) is 19.9. The maximum absolute atomic E-state index is 6.23. The number of fused-ring (bicyclic) bond motifs is 3. The molecule has 0 unspecified atom stereocenters. The molecule has 0 spiro atoms. The van der Waals surface area contributed by atoms with Crippen molar-refractivity contribution in [2.75, 3.05) is 4.90 Å². The molecule has 0 radical (unpaired) electrons. The highest BCUT2D eigenvalue weighted by atomic mass is 16.3. The van der Waals surface area contributed by atoms with Crippen LogP contribution in [0.5, 0.6) is 0 Å². The van der Waals surface area contributed by atoms with Crippen LogP contribution in [0.1, 0.15) is 11.1 Å². The molecule has 0 saturated heterocycles. The minimum absolute atomic E-state index is 0.901. The van der Waals surface area contributed by atoms with Gasteiger partial charge in [-0.1, -0.05) is 157 Å². The lowest BCUT2D eigenvalue weighted by Crippen LogP contribution is -2.09. The highest BCUT2D eigenvalue weighted by molar-refractivity contribution is 6.05. The Morgan fingerprint density at radius 3 is 1.05 bits per heavy atom. The summed E-state index contributed by atoms with van der Waals surface area (Å²) < 4.78 is 6.23. The van der Waals surface area contributed by atoms with Gasteiger partial charge >= 0.3 is 0 Å². The highest BCUT2D eigenvalue weighted by Gasteiger charge is 2.15. The van der Waals surface area contributed by atoms with Crippen molar-refractivity contribution in [3.63, 3.8) is 0 Å². The zero-order chi connectivity index (χ0) is 39.0. The molecule has 1 aromatic heterocycles. The largest absolute Gasteiger partial charge is 0.456 e. The van der Waals surface area contributed by atoms with Crippen molar-refractivity contribution in [1.29, 1.82) is 0 Å². The molecule has 2 heteroatoms. The van der Waals surface area contributed by atoms with E-state index in [1.807, 2.05) is 12.1 Å². The van der Waals surface area contributed by atoms with E-state index in [9.17, 15) is 0 Å². The molecule has 10 aromatic rings. The molecule has 0 bridgehead atoms. The predicted octanol–water partition coefficient (Wildman–Crippen LogP) is 16.0. The third-order valence-corrected chi connectivity index (χ3v) is 11.3. The average Bonchev–Trinajstić information content (AvgIpc) is 3.66. The van der Waals surface area contributed by atoms with Crippen LogP contribution in [0.2, 0.25) is 0 Å². The smallest absolute Gasteiger partial charge is 0.136 e. The Bertz CT molecular complexity index is 2890. The monoisotopic (exact) mass is 743 g/mol. The number of aryl methyl sites for hydroxylation is 2. The van der Waals surface area contributed by atoms with E-state index in [1.54, 1.807) is 0 Å². The van der Waals surface area contributed by atoms with Gasteiger partial charge in [-0.15, -0.1) is 0 Å². The Morgan fingerprint density at radius 2 is 0.621 bits per heavy atom. The molecule has 2 nitrogen and oxygen atoms in total. The minimum atomic E-state index is 0.901. The molecule has 0 amide bonds. The van der Waals surface area contributed by atoms with Gasteiger partial charge in [-0.2, -0.15) is 0 Å². The SMILES string of the molecule is Cc1ccc(-c2cccc(-c3ccc(N(c4ccc(-c5cccc(-c6ccc(C)cc6)c5)cc4)c4ccc(-c5ccc6c(c5)oc5ccccc56)cc4)cc3)c2)cc1. The quantitative estimate of drug-likeness (QED) is 0.154. The second kappa shape index (κ2) is 14.9. The molecular formula is C56H41NO. The summed E-state index contributed by atoms with van der Waals surface area (Å²) in [6, 6.07) is 76.6. The van der Waals surface area contributed by atoms with E-state index in [4.69, 9.17) is 4.42 Å². The molecule has 0 aliphatic rings. The van der Waals surface area contributed by atoms with Crippen LogP contribution < -0.4 is 4.90 Å². The lowest BCUT2D eigenvalue weighted by atomic mass is 9.98. The molecule has 58 heavy (non-hydrogen) atoms. The number of hydrogen-bond acceptors (Lipinski definition) is 2. The van der Waals surface area contributed by atoms with Crippen molar-refractivity contribution < 1.29 is 4.42 Å². The van der Waals surface area contributed by atoms with Crippen molar-refractivity contribution in [1.82, 2.24) is 0 Å². The van der Waals surface area contributed by atoms with Crippen LogP contribution in [0.15, 0.2) is 217 Å². The Morgan fingerprint density at radius 1 is 0.276 bits per heavy atom. The Kier molecular flexibility index (Phi) is 9.01. The number of anilines is 3. The number of benzene rings is 9.